The van der Waals surface area contributed by atoms with Gasteiger partial charge in [-0.05, 0) is 39.5 Å². The Bertz CT molecular complexity index is 668. The van der Waals surface area contributed by atoms with Crippen LogP contribution in [0.1, 0.15) is 42.8 Å². The molecule has 114 valence electrons. The fourth-order valence-electron chi connectivity index (χ4n) is 2.59. The Kier molecular flexibility index (Phi) is 4.99. The first-order valence-electron chi connectivity index (χ1n) is 7.10. The van der Waals surface area contributed by atoms with E-state index in [1.54, 1.807) is 13.8 Å². The maximum absolute atomic E-state index is 12.1. The SMILES string of the molecule is Cc1nc(C)c(C#N)c(SCC(=O)NC2(C#N)CCCC2)n1. The Morgan fingerprint density at radius 1 is 1.32 bits per heavy atom. The summed E-state index contributed by atoms with van der Waals surface area (Å²) in [5, 5.41) is 21.8. The third-order valence-electron chi connectivity index (χ3n) is 3.67. The van der Waals surface area contributed by atoms with Crippen LogP contribution in [0.15, 0.2) is 5.03 Å². The van der Waals surface area contributed by atoms with E-state index in [9.17, 15) is 15.3 Å². The van der Waals surface area contributed by atoms with Crippen molar-refractivity contribution in [2.24, 2.45) is 0 Å². The van der Waals surface area contributed by atoms with Gasteiger partial charge in [0.1, 0.15) is 28.0 Å². The molecule has 0 bridgehead atoms. The molecule has 1 N–H and O–H groups in total. The van der Waals surface area contributed by atoms with Crippen molar-refractivity contribution in [2.75, 3.05) is 5.75 Å². The minimum absolute atomic E-state index is 0.133. The molecule has 6 nitrogen and oxygen atoms in total. The maximum Gasteiger partial charge on any atom is 0.231 e. The first-order chi connectivity index (χ1) is 10.5. The van der Waals surface area contributed by atoms with Crippen LogP contribution < -0.4 is 5.32 Å². The fourth-order valence-corrected chi connectivity index (χ4v) is 3.47. The molecule has 0 unspecified atom stereocenters. The number of carbonyl (C=O) groups is 1. The molecule has 0 atom stereocenters. The number of thioether (sulfide) groups is 1. The van der Waals surface area contributed by atoms with Crippen LogP contribution in [-0.4, -0.2) is 27.2 Å². The van der Waals surface area contributed by atoms with Gasteiger partial charge in [-0.3, -0.25) is 4.79 Å². The second-order valence-corrected chi connectivity index (χ2v) is 6.35. The zero-order valence-corrected chi connectivity index (χ0v) is 13.5. The van der Waals surface area contributed by atoms with Gasteiger partial charge in [-0.2, -0.15) is 10.5 Å². The Balaban J connectivity index is 2.03. The fraction of sp³-hybridized carbons (Fsp3) is 0.533. The summed E-state index contributed by atoms with van der Waals surface area (Å²) >= 11 is 1.21. The van der Waals surface area contributed by atoms with Gasteiger partial charge in [-0.25, -0.2) is 9.97 Å². The van der Waals surface area contributed by atoms with Gasteiger partial charge in [0.15, 0.2) is 0 Å². The quantitative estimate of drug-likeness (QED) is 0.673. The molecule has 0 radical (unpaired) electrons. The predicted molar refractivity (Wildman–Crippen MR) is 81.9 cm³/mol. The lowest BCUT2D eigenvalue weighted by atomic mass is 10.0. The molecule has 1 aliphatic rings. The average Bonchev–Trinajstić information content (AvgIpc) is 2.93. The number of nitriles is 2. The molecule has 2 rings (SSSR count). The van der Waals surface area contributed by atoms with Gasteiger partial charge >= 0.3 is 0 Å². The van der Waals surface area contributed by atoms with Gasteiger partial charge in [0.25, 0.3) is 0 Å². The van der Waals surface area contributed by atoms with E-state index in [0.29, 0.717) is 34.9 Å². The molecule has 0 spiro atoms. The number of aryl methyl sites for hydroxylation is 2. The number of nitrogens with one attached hydrogen (secondary N) is 1. The molecule has 7 heteroatoms. The number of rotatable bonds is 4. The number of amides is 1. The van der Waals surface area contributed by atoms with Crippen LogP contribution in [0.3, 0.4) is 0 Å². The highest BCUT2D eigenvalue weighted by molar-refractivity contribution is 8.00. The van der Waals surface area contributed by atoms with Crippen molar-refractivity contribution in [3.63, 3.8) is 0 Å². The van der Waals surface area contributed by atoms with E-state index < -0.39 is 5.54 Å². The molecule has 1 amide bonds. The zero-order chi connectivity index (χ0) is 16.2. The van der Waals surface area contributed by atoms with Gasteiger partial charge < -0.3 is 5.32 Å². The monoisotopic (exact) mass is 315 g/mol. The van der Waals surface area contributed by atoms with Crippen LogP contribution >= 0.6 is 11.8 Å². The third-order valence-corrected chi connectivity index (χ3v) is 4.65. The molecule has 0 aromatic carbocycles. The summed E-state index contributed by atoms with van der Waals surface area (Å²) in [6.07, 6.45) is 3.33. The van der Waals surface area contributed by atoms with Crippen LogP contribution in [0.2, 0.25) is 0 Å². The topological polar surface area (TPSA) is 102 Å². The van der Waals surface area contributed by atoms with E-state index in [-0.39, 0.29) is 11.7 Å². The highest BCUT2D eigenvalue weighted by Gasteiger charge is 2.35. The largest absolute Gasteiger partial charge is 0.337 e. The number of aromatic nitrogens is 2. The van der Waals surface area contributed by atoms with Crippen molar-refractivity contribution in [1.82, 2.24) is 15.3 Å². The van der Waals surface area contributed by atoms with Crippen LogP contribution in [-0.2, 0) is 4.79 Å². The molecule has 1 aliphatic carbocycles. The number of nitrogens with zero attached hydrogens (tertiary/aromatic N) is 4. The van der Waals surface area contributed by atoms with Gasteiger partial charge in [0.05, 0.1) is 17.5 Å². The molecule has 0 aliphatic heterocycles. The van der Waals surface area contributed by atoms with Gasteiger partial charge in [0.2, 0.25) is 5.91 Å². The summed E-state index contributed by atoms with van der Waals surface area (Å²) in [6.45, 7) is 3.50. The molecule has 0 saturated heterocycles. The molecular weight excluding hydrogens is 298 g/mol. The van der Waals surface area contributed by atoms with Gasteiger partial charge in [-0.1, -0.05) is 11.8 Å². The third kappa shape index (κ3) is 3.55. The number of hydrogen-bond donors (Lipinski definition) is 1. The second-order valence-electron chi connectivity index (χ2n) is 5.39. The van der Waals surface area contributed by atoms with Crippen LogP contribution in [0.25, 0.3) is 0 Å². The van der Waals surface area contributed by atoms with E-state index in [2.05, 4.69) is 27.4 Å². The van der Waals surface area contributed by atoms with Crippen molar-refractivity contribution < 1.29 is 4.79 Å². The molecule has 22 heavy (non-hydrogen) atoms. The lowest BCUT2D eigenvalue weighted by molar-refractivity contribution is -0.119. The van der Waals surface area contributed by atoms with Crippen LogP contribution in [0.5, 0.6) is 0 Å². The molecule has 1 heterocycles. The maximum atomic E-state index is 12.1. The average molecular weight is 315 g/mol. The Hall–Kier alpha value is -2.12. The van der Waals surface area contributed by atoms with Crippen molar-refractivity contribution in [3.8, 4) is 12.1 Å². The smallest absolute Gasteiger partial charge is 0.231 e. The molecule has 1 aromatic heterocycles. The molecular formula is C15H17N5OS. The minimum Gasteiger partial charge on any atom is -0.337 e. The van der Waals surface area contributed by atoms with E-state index in [0.717, 1.165) is 12.8 Å². The van der Waals surface area contributed by atoms with Crippen molar-refractivity contribution in [2.45, 2.75) is 50.1 Å². The van der Waals surface area contributed by atoms with Crippen LogP contribution in [0.4, 0.5) is 0 Å². The summed E-state index contributed by atoms with van der Waals surface area (Å²) < 4.78 is 0. The highest BCUT2D eigenvalue weighted by atomic mass is 32.2. The van der Waals surface area contributed by atoms with Crippen molar-refractivity contribution in [3.05, 3.63) is 17.1 Å². The second kappa shape index (κ2) is 6.76. The van der Waals surface area contributed by atoms with E-state index in [1.165, 1.54) is 11.8 Å². The summed E-state index contributed by atoms with van der Waals surface area (Å²) in [5.74, 6) is 0.503. The minimum atomic E-state index is -0.715. The Labute approximate surface area is 133 Å². The summed E-state index contributed by atoms with van der Waals surface area (Å²) in [6, 6.07) is 4.30. The van der Waals surface area contributed by atoms with Gasteiger partial charge in [-0.15, -0.1) is 0 Å². The summed E-state index contributed by atoms with van der Waals surface area (Å²) in [5.41, 5.74) is 0.300. The van der Waals surface area contributed by atoms with E-state index in [1.807, 2.05) is 0 Å². The summed E-state index contributed by atoms with van der Waals surface area (Å²) in [7, 11) is 0. The van der Waals surface area contributed by atoms with Crippen LogP contribution in [0, 0.1) is 36.5 Å². The highest BCUT2D eigenvalue weighted by Crippen LogP contribution is 2.29. The van der Waals surface area contributed by atoms with E-state index in [4.69, 9.17) is 0 Å². The normalized spacial score (nSPS) is 15.8. The standard InChI is InChI=1S/C15H17N5OS/c1-10-12(7-16)14(19-11(2)18-10)22-8-13(21)20-15(9-17)5-3-4-6-15/h3-6,8H2,1-2H3,(H,20,21). The van der Waals surface area contributed by atoms with Gasteiger partial charge in [0, 0.05) is 0 Å². The Morgan fingerprint density at radius 3 is 2.59 bits per heavy atom. The Morgan fingerprint density at radius 2 is 2.00 bits per heavy atom. The molecule has 1 aromatic rings. The lowest BCUT2D eigenvalue weighted by Gasteiger charge is -2.21. The summed E-state index contributed by atoms with van der Waals surface area (Å²) in [4.78, 5) is 20.5. The zero-order valence-electron chi connectivity index (χ0n) is 12.6. The van der Waals surface area contributed by atoms with E-state index >= 15 is 0 Å². The molecule has 1 saturated carbocycles. The molecule has 1 fully saturated rings. The first kappa shape index (κ1) is 16.3. The first-order valence-corrected chi connectivity index (χ1v) is 8.08. The van der Waals surface area contributed by atoms with Crippen molar-refractivity contribution >= 4 is 17.7 Å². The number of carbonyl (C=O) groups excluding carboxylic acids is 1. The number of hydrogen-bond acceptors (Lipinski definition) is 6. The lowest BCUT2D eigenvalue weighted by Crippen LogP contribution is -2.45. The predicted octanol–water partition coefficient (Wildman–Crippen LogP) is 2.01. The van der Waals surface area contributed by atoms with Crippen molar-refractivity contribution in [1.29, 1.82) is 10.5 Å².